The number of hydrogen-bond acceptors (Lipinski definition) is 5. The first-order chi connectivity index (χ1) is 7.86. The number of rotatable bonds is 2. The van der Waals surface area contributed by atoms with Gasteiger partial charge in [-0.3, -0.25) is 0 Å². The summed E-state index contributed by atoms with van der Waals surface area (Å²) in [5.41, 5.74) is 6.87. The van der Waals surface area contributed by atoms with Crippen LogP contribution >= 0.6 is 11.3 Å². The van der Waals surface area contributed by atoms with Crippen LogP contribution in [0.5, 0.6) is 0 Å². The summed E-state index contributed by atoms with van der Waals surface area (Å²) in [5, 5.41) is 0.904. The number of nitrogens with two attached hydrogens (primary N) is 1. The Balaban J connectivity index is 2.27. The Morgan fingerprint density at radius 1 is 1.41 bits per heavy atom. The lowest BCUT2D eigenvalue weighted by atomic mass is 9.94. The molecule has 1 aliphatic heterocycles. The molecule has 0 spiro atoms. The van der Waals surface area contributed by atoms with Crippen LogP contribution in [-0.2, 0) is 21.8 Å². The minimum atomic E-state index is -2.87. The van der Waals surface area contributed by atoms with E-state index < -0.39 is 15.4 Å². The molecular weight excluding hydrogens is 256 g/mol. The van der Waals surface area contributed by atoms with Gasteiger partial charge in [-0.05, 0) is 26.2 Å². The van der Waals surface area contributed by atoms with Crippen LogP contribution in [0.1, 0.15) is 35.3 Å². The maximum atomic E-state index is 11.4. The second-order valence-corrected chi connectivity index (χ2v) is 8.19. The summed E-state index contributed by atoms with van der Waals surface area (Å²) in [7, 11) is -2.87. The molecular formula is C11H18N2O2S2. The summed E-state index contributed by atoms with van der Waals surface area (Å²) in [4.78, 5) is 5.77. The average molecular weight is 274 g/mol. The van der Waals surface area contributed by atoms with Gasteiger partial charge < -0.3 is 5.73 Å². The summed E-state index contributed by atoms with van der Waals surface area (Å²) < 4.78 is 22.9. The van der Waals surface area contributed by atoms with Crippen LogP contribution in [0.2, 0.25) is 0 Å². The molecule has 0 aromatic carbocycles. The highest BCUT2D eigenvalue weighted by Crippen LogP contribution is 2.35. The maximum absolute atomic E-state index is 11.4. The van der Waals surface area contributed by atoms with Crippen molar-refractivity contribution < 1.29 is 8.42 Å². The lowest BCUT2D eigenvalue weighted by Gasteiger charge is -2.31. The van der Waals surface area contributed by atoms with Gasteiger partial charge in [0.25, 0.3) is 0 Å². The van der Waals surface area contributed by atoms with Gasteiger partial charge in [0.1, 0.15) is 14.8 Å². The van der Waals surface area contributed by atoms with E-state index in [4.69, 9.17) is 5.73 Å². The molecule has 2 N–H and O–H groups in total. The smallest absolute Gasteiger partial charge is 0.150 e. The Kier molecular flexibility index (Phi) is 3.31. The molecule has 0 radical (unpaired) electrons. The Morgan fingerprint density at radius 2 is 2.00 bits per heavy atom. The van der Waals surface area contributed by atoms with Gasteiger partial charge in [-0.2, -0.15) is 0 Å². The summed E-state index contributed by atoms with van der Waals surface area (Å²) in [6, 6.07) is 0. The van der Waals surface area contributed by atoms with Crippen molar-refractivity contribution in [3.8, 4) is 0 Å². The van der Waals surface area contributed by atoms with Crippen molar-refractivity contribution in [2.75, 3.05) is 11.5 Å². The van der Waals surface area contributed by atoms with E-state index in [9.17, 15) is 8.42 Å². The predicted molar refractivity (Wildman–Crippen MR) is 70.0 cm³/mol. The molecule has 0 unspecified atom stereocenters. The molecule has 1 fully saturated rings. The minimum Gasteiger partial charge on any atom is -0.319 e. The van der Waals surface area contributed by atoms with Gasteiger partial charge in [-0.15, -0.1) is 11.3 Å². The van der Waals surface area contributed by atoms with E-state index in [1.807, 2.05) is 6.92 Å². The maximum Gasteiger partial charge on any atom is 0.150 e. The predicted octanol–water partition coefficient (Wildman–Crippen LogP) is 1.38. The van der Waals surface area contributed by atoms with E-state index >= 15 is 0 Å². The Labute approximate surface area is 106 Å². The second-order valence-electron chi connectivity index (χ2n) is 4.68. The van der Waals surface area contributed by atoms with E-state index in [-0.39, 0.29) is 11.5 Å². The normalized spacial score (nSPS) is 22.5. The summed E-state index contributed by atoms with van der Waals surface area (Å²) in [6.07, 6.45) is 1.88. The van der Waals surface area contributed by atoms with Crippen molar-refractivity contribution in [3.63, 3.8) is 0 Å². The van der Waals surface area contributed by atoms with Gasteiger partial charge in [-0.1, -0.05) is 6.92 Å². The van der Waals surface area contributed by atoms with Crippen LogP contribution in [0.25, 0.3) is 0 Å². The van der Waals surface area contributed by atoms with Gasteiger partial charge in [0.15, 0.2) is 0 Å². The quantitative estimate of drug-likeness (QED) is 0.884. The van der Waals surface area contributed by atoms with Crippen LogP contribution in [-0.4, -0.2) is 24.9 Å². The first kappa shape index (κ1) is 13.0. The zero-order chi connectivity index (χ0) is 12.7. The zero-order valence-electron chi connectivity index (χ0n) is 10.2. The number of hydrogen-bond donors (Lipinski definition) is 1. The van der Waals surface area contributed by atoms with Crippen LogP contribution in [0, 0.1) is 6.92 Å². The molecule has 0 saturated carbocycles. The monoisotopic (exact) mass is 274 g/mol. The first-order valence-electron chi connectivity index (χ1n) is 5.82. The van der Waals surface area contributed by atoms with E-state index in [0.29, 0.717) is 12.8 Å². The molecule has 17 heavy (non-hydrogen) atoms. The highest BCUT2D eigenvalue weighted by molar-refractivity contribution is 7.91. The Bertz CT molecular complexity index is 506. The number of aromatic nitrogens is 1. The molecule has 96 valence electrons. The zero-order valence-corrected chi connectivity index (χ0v) is 11.8. The van der Waals surface area contributed by atoms with E-state index in [1.54, 1.807) is 11.3 Å². The van der Waals surface area contributed by atoms with Crippen molar-refractivity contribution >= 4 is 21.2 Å². The number of sulfone groups is 1. The highest BCUT2D eigenvalue weighted by atomic mass is 32.2. The molecule has 1 aromatic rings. The summed E-state index contributed by atoms with van der Waals surface area (Å²) in [6.45, 7) is 4.11. The fraction of sp³-hybridized carbons (Fsp3) is 0.727. The molecule has 0 atom stereocenters. The standard InChI is InChI=1S/C11H18N2O2S2/c1-3-9-8(2)16-10(13-9)11(12)4-6-17(14,15)7-5-11/h3-7,12H2,1-2H3. The van der Waals surface area contributed by atoms with Gasteiger partial charge >= 0.3 is 0 Å². The third-order valence-electron chi connectivity index (χ3n) is 3.37. The van der Waals surface area contributed by atoms with E-state index in [1.165, 1.54) is 4.88 Å². The lowest BCUT2D eigenvalue weighted by Crippen LogP contribution is -2.44. The van der Waals surface area contributed by atoms with Crippen LogP contribution in [0.4, 0.5) is 0 Å². The third kappa shape index (κ3) is 2.53. The molecule has 0 aliphatic carbocycles. The fourth-order valence-electron chi connectivity index (χ4n) is 2.09. The van der Waals surface area contributed by atoms with Crippen LogP contribution in [0.3, 0.4) is 0 Å². The van der Waals surface area contributed by atoms with Gasteiger partial charge in [0.05, 0.1) is 22.7 Å². The molecule has 0 bridgehead atoms. The van der Waals surface area contributed by atoms with Gasteiger partial charge in [0.2, 0.25) is 0 Å². The van der Waals surface area contributed by atoms with E-state index in [2.05, 4.69) is 11.9 Å². The molecule has 1 aliphatic rings. The minimum absolute atomic E-state index is 0.184. The number of nitrogens with zero attached hydrogens (tertiary/aromatic N) is 1. The first-order valence-corrected chi connectivity index (χ1v) is 8.46. The largest absolute Gasteiger partial charge is 0.319 e. The second kappa shape index (κ2) is 4.33. The third-order valence-corrected chi connectivity index (χ3v) is 6.26. The van der Waals surface area contributed by atoms with Crippen molar-refractivity contribution in [3.05, 3.63) is 15.6 Å². The summed E-state index contributed by atoms with van der Waals surface area (Å²) in [5.74, 6) is 0.368. The Hall–Kier alpha value is -0.460. The molecule has 1 saturated heterocycles. The molecule has 0 amide bonds. The highest BCUT2D eigenvalue weighted by Gasteiger charge is 2.37. The van der Waals surface area contributed by atoms with Crippen LogP contribution in [0.15, 0.2) is 0 Å². The fourth-order valence-corrected chi connectivity index (χ4v) is 4.80. The molecule has 2 heterocycles. The number of thiazole rings is 1. The molecule has 1 aromatic heterocycles. The average Bonchev–Trinajstić information content (AvgIpc) is 2.65. The topological polar surface area (TPSA) is 73.0 Å². The Morgan fingerprint density at radius 3 is 2.47 bits per heavy atom. The molecule has 2 rings (SSSR count). The summed E-state index contributed by atoms with van der Waals surface area (Å²) >= 11 is 1.61. The van der Waals surface area contributed by atoms with Gasteiger partial charge in [-0.25, -0.2) is 13.4 Å². The van der Waals surface area contributed by atoms with E-state index in [0.717, 1.165) is 17.1 Å². The van der Waals surface area contributed by atoms with Crippen molar-refractivity contribution in [1.29, 1.82) is 0 Å². The molecule has 6 heteroatoms. The van der Waals surface area contributed by atoms with Crippen LogP contribution < -0.4 is 5.73 Å². The number of aryl methyl sites for hydroxylation is 2. The van der Waals surface area contributed by atoms with Crippen molar-refractivity contribution in [2.45, 2.75) is 38.6 Å². The SMILES string of the molecule is CCc1nc(C2(N)CCS(=O)(=O)CC2)sc1C. The lowest BCUT2D eigenvalue weighted by molar-refractivity contribution is 0.393. The van der Waals surface area contributed by atoms with Crippen molar-refractivity contribution in [1.82, 2.24) is 4.98 Å². The van der Waals surface area contributed by atoms with Gasteiger partial charge in [0, 0.05) is 4.88 Å². The van der Waals surface area contributed by atoms with Crippen molar-refractivity contribution in [2.24, 2.45) is 5.73 Å². The molecule has 4 nitrogen and oxygen atoms in total.